The van der Waals surface area contributed by atoms with Crippen LogP contribution in [-0.2, 0) is 9.47 Å². The minimum atomic E-state index is -1.59. The van der Waals surface area contributed by atoms with Gasteiger partial charge in [0.05, 0.1) is 6.10 Å². The van der Waals surface area contributed by atoms with Gasteiger partial charge in [-0.25, -0.2) is 4.79 Å². The van der Waals surface area contributed by atoms with Crippen LogP contribution in [-0.4, -0.2) is 39.7 Å². The van der Waals surface area contributed by atoms with E-state index >= 15 is 0 Å². The molecule has 4 rings (SSSR count). The number of halogens is 4. The Morgan fingerprint density at radius 2 is 1.87 bits per heavy atom. The van der Waals surface area contributed by atoms with E-state index in [9.17, 15) is 4.79 Å². The van der Waals surface area contributed by atoms with Crippen molar-refractivity contribution in [1.82, 2.24) is 5.32 Å². The molecule has 1 N–H and O–H groups in total. The maximum absolute atomic E-state index is 12.4. The van der Waals surface area contributed by atoms with Gasteiger partial charge in [0.2, 0.25) is 3.79 Å². The van der Waals surface area contributed by atoms with Gasteiger partial charge in [0.15, 0.2) is 0 Å². The Hall–Kier alpha value is 0.570. The van der Waals surface area contributed by atoms with Crippen LogP contribution in [0.4, 0.5) is 4.79 Å². The molecule has 4 aliphatic carbocycles. The topological polar surface area (TPSA) is 47.6 Å². The monoisotopic (exact) mass is 701 g/mol. The van der Waals surface area contributed by atoms with E-state index in [1.807, 2.05) is 0 Å². The fraction of sp³-hybridized carbons (Fsp3) is 0.900. The summed E-state index contributed by atoms with van der Waals surface area (Å²) in [5.41, 5.74) is 2.25. The molecule has 8 atom stereocenters. The number of carbonyl (C=O) groups excluding carboxylic acids is 1. The van der Waals surface area contributed by atoms with Gasteiger partial charge in [0.25, 0.3) is 0 Å². The van der Waals surface area contributed by atoms with Crippen LogP contribution in [0.2, 0.25) is 0 Å². The van der Waals surface area contributed by atoms with Gasteiger partial charge in [-0.2, -0.15) is 0 Å². The van der Waals surface area contributed by atoms with E-state index in [2.05, 4.69) is 54.8 Å². The molecule has 4 aliphatic rings. The third-order valence-corrected chi connectivity index (χ3v) is 11.9. The van der Waals surface area contributed by atoms with E-state index in [1.54, 1.807) is 5.57 Å². The summed E-state index contributed by atoms with van der Waals surface area (Å²) in [4.78, 5) is 12.4. The van der Waals surface area contributed by atoms with E-state index in [4.69, 9.17) is 44.3 Å². The van der Waals surface area contributed by atoms with E-state index in [0.29, 0.717) is 23.4 Å². The molecule has 0 heterocycles. The standard InChI is InChI=1S/C30H47Cl3INO3/c1-20(35-27(36)38-19-30(31,32)33)24-10-11-25-23-9-8-21-18-22(37-17-7-5-4-6-16-34)12-14-28(21,2)26(23)13-15-29(24,25)3/h8,20,22-26H,4-7,9-19H2,1-3H3,(H,35,36)/t20-,22+,23+,24-,25+,26+,28+,29-/m1/s1. The van der Waals surface area contributed by atoms with Gasteiger partial charge in [-0.1, -0.05) is 95.7 Å². The SMILES string of the molecule is C[C@@H](NC(=O)OCC(Cl)(Cl)Cl)[C@H]1CC[C@H]2[C@@H]3CC=C4C[C@@H](OCCCCCCI)CC[C@]4(C)[C@H]3CC[C@]12C. The van der Waals surface area contributed by atoms with Crippen LogP contribution in [0, 0.1) is 34.5 Å². The highest BCUT2D eigenvalue weighted by Gasteiger charge is 2.59. The van der Waals surface area contributed by atoms with E-state index < -0.39 is 9.89 Å². The molecule has 4 nitrogen and oxygen atoms in total. The summed E-state index contributed by atoms with van der Waals surface area (Å²) in [5.74, 6) is 2.66. The van der Waals surface area contributed by atoms with Crippen molar-refractivity contribution in [2.24, 2.45) is 34.5 Å². The quantitative estimate of drug-likeness (QED) is 0.107. The molecule has 0 spiro atoms. The average molecular weight is 703 g/mol. The Morgan fingerprint density at radius 3 is 2.61 bits per heavy atom. The first kappa shape index (κ1) is 31.5. The summed E-state index contributed by atoms with van der Waals surface area (Å²) in [6.45, 7) is 7.85. The van der Waals surface area contributed by atoms with Gasteiger partial charge in [-0.15, -0.1) is 0 Å². The minimum Gasteiger partial charge on any atom is -0.445 e. The third kappa shape index (κ3) is 7.13. The maximum atomic E-state index is 12.4. The van der Waals surface area contributed by atoms with Crippen LogP contribution in [0.5, 0.6) is 0 Å². The molecule has 3 saturated carbocycles. The van der Waals surface area contributed by atoms with Crippen molar-refractivity contribution >= 4 is 63.5 Å². The normalized spacial score (nSPS) is 37.4. The Kier molecular flexibility index (Phi) is 11.0. The van der Waals surface area contributed by atoms with Crippen LogP contribution >= 0.6 is 57.4 Å². The van der Waals surface area contributed by atoms with Crippen molar-refractivity contribution in [3.05, 3.63) is 11.6 Å². The molecule has 218 valence electrons. The molecule has 0 bridgehead atoms. The number of ether oxygens (including phenoxy) is 2. The number of unbranched alkanes of at least 4 members (excludes halogenated alkanes) is 3. The van der Waals surface area contributed by atoms with E-state index in [0.717, 1.165) is 31.3 Å². The number of alkyl halides is 4. The molecule has 0 aromatic rings. The van der Waals surface area contributed by atoms with Gasteiger partial charge in [0, 0.05) is 12.6 Å². The number of nitrogens with one attached hydrogen (secondary N) is 1. The van der Waals surface area contributed by atoms with Gasteiger partial charge in [-0.05, 0) is 110 Å². The highest BCUT2D eigenvalue weighted by atomic mass is 127. The Balaban J connectivity index is 1.34. The van der Waals surface area contributed by atoms with E-state index in [-0.39, 0.29) is 18.1 Å². The molecule has 0 aliphatic heterocycles. The second kappa shape index (κ2) is 13.3. The largest absolute Gasteiger partial charge is 0.445 e. The molecule has 8 heteroatoms. The van der Waals surface area contributed by atoms with Crippen molar-refractivity contribution in [1.29, 1.82) is 0 Å². The second-order valence-corrected chi connectivity index (χ2v) is 16.5. The van der Waals surface area contributed by atoms with Crippen LogP contribution in [0.1, 0.15) is 97.8 Å². The van der Waals surface area contributed by atoms with Crippen molar-refractivity contribution in [3.63, 3.8) is 0 Å². The summed E-state index contributed by atoms with van der Waals surface area (Å²) in [6, 6.07) is 0.0314. The molecule has 0 aromatic heterocycles. The summed E-state index contributed by atoms with van der Waals surface area (Å²) >= 11 is 19.7. The number of fused-ring (bicyclic) bond motifs is 5. The molecule has 1 amide bonds. The first-order valence-corrected chi connectivity index (χ1v) is 17.5. The zero-order valence-electron chi connectivity index (χ0n) is 23.4. The molecule has 0 aromatic carbocycles. The van der Waals surface area contributed by atoms with Gasteiger partial charge < -0.3 is 14.8 Å². The van der Waals surface area contributed by atoms with Crippen molar-refractivity contribution in [3.8, 4) is 0 Å². The van der Waals surface area contributed by atoms with Crippen molar-refractivity contribution in [2.75, 3.05) is 17.6 Å². The first-order chi connectivity index (χ1) is 18.0. The smallest absolute Gasteiger partial charge is 0.407 e. The maximum Gasteiger partial charge on any atom is 0.407 e. The van der Waals surface area contributed by atoms with E-state index in [1.165, 1.54) is 68.6 Å². The number of allylic oxidation sites excluding steroid dienone is 1. The molecule has 38 heavy (non-hydrogen) atoms. The number of hydrogen-bond acceptors (Lipinski definition) is 3. The fourth-order valence-electron chi connectivity index (χ4n) is 8.91. The summed E-state index contributed by atoms with van der Waals surface area (Å²) in [7, 11) is 0. The van der Waals surface area contributed by atoms with Crippen molar-refractivity contribution < 1.29 is 14.3 Å². The van der Waals surface area contributed by atoms with Crippen LogP contribution in [0.15, 0.2) is 11.6 Å². The zero-order chi connectivity index (χ0) is 27.6. The Morgan fingerprint density at radius 1 is 1.11 bits per heavy atom. The summed E-state index contributed by atoms with van der Waals surface area (Å²) in [6.07, 6.45) is 17.4. The summed E-state index contributed by atoms with van der Waals surface area (Å²) < 4.78 is 11.2. The lowest BCUT2D eigenvalue weighted by molar-refractivity contribution is -0.0609. The molecule has 0 saturated heterocycles. The number of carbonyl (C=O) groups is 1. The molecule has 0 unspecified atom stereocenters. The lowest BCUT2D eigenvalue weighted by Gasteiger charge is -2.58. The number of alkyl carbamates (subject to hydrolysis) is 1. The lowest BCUT2D eigenvalue weighted by Crippen LogP contribution is -2.52. The zero-order valence-corrected chi connectivity index (χ0v) is 27.8. The Labute approximate surface area is 259 Å². The highest BCUT2D eigenvalue weighted by molar-refractivity contribution is 14.1. The third-order valence-electron chi connectivity index (χ3n) is 10.8. The van der Waals surface area contributed by atoms with Crippen LogP contribution in [0.3, 0.4) is 0 Å². The lowest BCUT2D eigenvalue weighted by atomic mass is 9.47. The van der Waals surface area contributed by atoms with Crippen molar-refractivity contribution in [2.45, 2.75) is 114 Å². The molecular formula is C30H47Cl3INO3. The molecule has 0 radical (unpaired) electrons. The van der Waals surface area contributed by atoms with Gasteiger partial charge >= 0.3 is 6.09 Å². The van der Waals surface area contributed by atoms with Crippen LogP contribution in [0.25, 0.3) is 0 Å². The summed E-state index contributed by atoms with van der Waals surface area (Å²) in [5, 5.41) is 3.05. The number of amides is 1. The highest BCUT2D eigenvalue weighted by Crippen LogP contribution is 2.66. The molecular weight excluding hydrogens is 656 g/mol. The Bertz CT molecular complexity index is 851. The van der Waals surface area contributed by atoms with Crippen LogP contribution < -0.4 is 5.32 Å². The minimum absolute atomic E-state index is 0.0314. The predicted molar refractivity (Wildman–Crippen MR) is 167 cm³/mol. The fourth-order valence-corrected chi connectivity index (χ4v) is 9.61. The molecule has 3 fully saturated rings. The average Bonchev–Trinajstić information content (AvgIpc) is 3.22. The first-order valence-electron chi connectivity index (χ1n) is 14.8. The second-order valence-electron chi connectivity index (χ2n) is 13.0. The van der Waals surface area contributed by atoms with Gasteiger partial charge in [-0.3, -0.25) is 0 Å². The van der Waals surface area contributed by atoms with Gasteiger partial charge in [0.1, 0.15) is 6.61 Å². The predicted octanol–water partition coefficient (Wildman–Crippen LogP) is 9.43. The number of hydrogen-bond donors (Lipinski definition) is 1. The number of rotatable bonds is 10.